The van der Waals surface area contributed by atoms with Crippen LogP contribution in [0.4, 0.5) is 0 Å². The number of hydrogen-bond acceptors (Lipinski definition) is 6. The van der Waals surface area contributed by atoms with Gasteiger partial charge in [0, 0.05) is 34.3 Å². The van der Waals surface area contributed by atoms with Crippen molar-refractivity contribution in [2.75, 3.05) is 0 Å². The Hall–Kier alpha value is -1.07. The number of nitrogens with zero attached hydrogens (tertiary/aromatic N) is 1. The second kappa shape index (κ2) is 7.51. The van der Waals surface area contributed by atoms with E-state index in [-0.39, 0.29) is 29.6 Å². The Labute approximate surface area is 179 Å². The normalized spacial score (nSPS) is 26.9. The van der Waals surface area contributed by atoms with Gasteiger partial charge in [-0.05, 0) is 36.2 Å². The van der Waals surface area contributed by atoms with Gasteiger partial charge in [-0.3, -0.25) is 14.4 Å². The van der Waals surface area contributed by atoms with Crippen molar-refractivity contribution < 1.29 is 29.4 Å². The van der Waals surface area contributed by atoms with Gasteiger partial charge >= 0.3 is 11.9 Å². The summed E-state index contributed by atoms with van der Waals surface area (Å²) in [6.45, 7) is 3.46. The molecule has 0 aliphatic carbocycles. The van der Waals surface area contributed by atoms with Crippen LogP contribution in [0.25, 0.3) is 0 Å². The number of carbonyl (C=O) groups is 4. The van der Waals surface area contributed by atoms with E-state index in [1.54, 1.807) is 30.7 Å². The van der Waals surface area contributed by atoms with Crippen molar-refractivity contribution >= 4 is 76.4 Å². The van der Waals surface area contributed by atoms with Gasteiger partial charge in [0.25, 0.3) is 0 Å². The van der Waals surface area contributed by atoms with Gasteiger partial charge in [-0.2, -0.15) is 11.3 Å². The van der Waals surface area contributed by atoms with E-state index in [9.17, 15) is 29.4 Å². The fourth-order valence-electron chi connectivity index (χ4n) is 3.23. The summed E-state index contributed by atoms with van der Waals surface area (Å²) in [5.41, 5.74) is 0.349. The third-order valence-electron chi connectivity index (χ3n) is 4.36. The average molecular weight is 407 g/mol. The Bertz CT molecular complexity index is 753. The number of nitrogens with one attached hydrogen (secondary N) is 1. The zero-order chi connectivity index (χ0) is 18.5. The smallest absolute Gasteiger partial charge is 0.327 e. The molecule has 1 aromatic rings. The van der Waals surface area contributed by atoms with Crippen LogP contribution in [0.15, 0.2) is 16.8 Å². The Morgan fingerprint density at radius 3 is 2.46 bits per heavy atom. The SMILES string of the molecule is CC1(C)SC2C(NC(=O)C(C(=O)O)c3ccsc3)C(=O)N2C1C(=O)O.[Na]. The molecule has 0 aromatic carbocycles. The van der Waals surface area contributed by atoms with Crippen molar-refractivity contribution in [1.29, 1.82) is 0 Å². The number of fused-ring (bicyclic) bond motifs is 1. The van der Waals surface area contributed by atoms with E-state index >= 15 is 0 Å². The van der Waals surface area contributed by atoms with E-state index in [1.165, 1.54) is 28.0 Å². The van der Waals surface area contributed by atoms with Crippen LogP contribution in [0, 0.1) is 0 Å². The third kappa shape index (κ3) is 3.40. The molecule has 4 atom stereocenters. The number of thiophene rings is 1. The number of rotatable bonds is 5. The molecule has 1 aromatic heterocycles. The van der Waals surface area contributed by atoms with Gasteiger partial charge in [0.15, 0.2) is 5.92 Å². The number of amides is 2. The van der Waals surface area contributed by atoms with Gasteiger partial charge in [0.1, 0.15) is 17.5 Å². The molecule has 135 valence electrons. The summed E-state index contributed by atoms with van der Waals surface area (Å²) in [7, 11) is 0. The number of hydrogen-bond donors (Lipinski definition) is 3. The average Bonchev–Trinajstić information content (AvgIpc) is 3.09. The standard InChI is InChI=1S/C15H16N2O6S2.Na/c1-15(2)9(14(22)23)17-11(19)8(12(17)25-15)16-10(18)7(13(20)21)6-3-4-24-5-6;/h3-5,7-9,12H,1-2H3,(H,16,18)(H,20,21)(H,22,23);. The number of thioether (sulfide) groups is 1. The summed E-state index contributed by atoms with van der Waals surface area (Å²) in [4.78, 5) is 48.9. The molecule has 3 N–H and O–H groups in total. The van der Waals surface area contributed by atoms with Gasteiger partial charge in [-0.1, -0.05) is 0 Å². The fraction of sp³-hybridized carbons (Fsp3) is 0.467. The maximum Gasteiger partial charge on any atom is 0.327 e. The molecule has 2 amide bonds. The van der Waals surface area contributed by atoms with Crippen LogP contribution < -0.4 is 5.32 Å². The Morgan fingerprint density at radius 2 is 1.96 bits per heavy atom. The second-order valence-electron chi connectivity index (χ2n) is 6.41. The Balaban J connectivity index is 0.00000243. The molecule has 3 rings (SSSR count). The van der Waals surface area contributed by atoms with Crippen LogP contribution in [0.1, 0.15) is 25.3 Å². The van der Waals surface area contributed by atoms with E-state index in [0.29, 0.717) is 5.56 Å². The van der Waals surface area contributed by atoms with Crippen LogP contribution in [-0.4, -0.2) is 90.6 Å². The Morgan fingerprint density at radius 1 is 1.31 bits per heavy atom. The van der Waals surface area contributed by atoms with Crippen LogP contribution in [0.3, 0.4) is 0 Å². The van der Waals surface area contributed by atoms with Crippen molar-refractivity contribution in [3.05, 3.63) is 22.4 Å². The van der Waals surface area contributed by atoms with Crippen LogP contribution >= 0.6 is 23.1 Å². The zero-order valence-corrected chi connectivity index (χ0v) is 18.0. The topological polar surface area (TPSA) is 124 Å². The van der Waals surface area contributed by atoms with E-state index < -0.39 is 51.9 Å². The fourth-order valence-corrected chi connectivity index (χ4v) is 5.54. The molecular formula is C15H16N2NaO6S2. The maximum atomic E-state index is 12.4. The largest absolute Gasteiger partial charge is 0.480 e. The summed E-state index contributed by atoms with van der Waals surface area (Å²) >= 11 is 2.56. The van der Waals surface area contributed by atoms with Crippen molar-refractivity contribution in [2.24, 2.45) is 0 Å². The third-order valence-corrected chi connectivity index (χ3v) is 6.63. The number of β-lactam (4-membered cyclic amide) rings is 1. The van der Waals surface area contributed by atoms with Crippen molar-refractivity contribution in [3.63, 3.8) is 0 Å². The van der Waals surface area contributed by atoms with Gasteiger partial charge in [-0.25, -0.2) is 4.79 Å². The minimum atomic E-state index is -1.40. The molecule has 2 fully saturated rings. The predicted octanol–water partition coefficient (Wildman–Crippen LogP) is 0.167. The van der Waals surface area contributed by atoms with E-state index in [1.807, 2.05) is 0 Å². The quantitative estimate of drug-likeness (QED) is 0.361. The summed E-state index contributed by atoms with van der Waals surface area (Å²) in [6.07, 6.45) is 0. The van der Waals surface area contributed by atoms with Gasteiger partial charge < -0.3 is 20.4 Å². The van der Waals surface area contributed by atoms with Gasteiger partial charge in [-0.15, -0.1) is 11.8 Å². The van der Waals surface area contributed by atoms with E-state index in [4.69, 9.17) is 0 Å². The first kappa shape index (κ1) is 21.2. The molecule has 11 heteroatoms. The predicted molar refractivity (Wildman–Crippen MR) is 96.1 cm³/mol. The maximum absolute atomic E-state index is 12.4. The molecule has 2 saturated heterocycles. The van der Waals surface area contributed by atoms with Crippen LogP contribution in [0.2, 0.25) is 0 Å². The van der Waals surface area contributed by atoms with Crippen LogP contribution in [0.5, 0.6) is 0 Å². The number of aliphatic carboxylic acids is 2. The van der Waals surface area contributed by atoms with E-state index in [0.717, 1.165) is 0 Å². The van der Waals surface area contributed by atoms with E-state index in [2.05, 4.69) is 5.32 Å². The number of carboxylic acid groups (broad SMARTS) is 2. The van der Waals surface area contributed by atoms with Crippen LogP contribution in [-0.2, 0) is 19.2 Å². The molecule has 0 saturated carbocycles. The molecule has 1 radical (unpaired) electrons. The molecule has 0 bridgehead atoms. The first-order valence-corrected chi connectivity index (χ1v) is 9.25. The second-order valence-corrected chi connectivity index (χ2v) is 8.96. The minimum absolute atomic E-state index is 0. The number of carboxylic acids is 2. The molecule has 26 heavy (non-hydrogen) atoms. The molecular weight excluding hydrogens is 391 g/mol. The molecule has 2 aliphatic heterocycles. The first-order valence-electron chi connectivity index (χ1n) is 7.43. The molecule has 2 aliphatic rings. The number of carbonyl (C=O) groups excluding carboxylic acids is 2. The Kier molecular flexibility index (Phi) is 6.13. The summed E-state index contributed by atoms with van der Waals surface area (Å²) in [5.74, 6) is -5.08. The summed E-state index contributed by atoms with van der Waals surface area (Å²) in [6, 6.07) is -0.344. The van der Waals surface area contributed by atoms with Crippen molar-refractivity contribution in [1.82, 2.24) is 10.2 Å². The molecule has 8 nitrogen and oxygen atoms in total. The first-order chi connectivity index (χ1) is 11.6. The van der Waals surface area contributed by atoms with Gasteiger partial charge in [0.2, 0.25) is 11.8 Å². The van der Waals surface area contributed by atoms with Crippen molar-refractivity contribution in [3.8, 4) is 0 Å². The molecule has 4 unspecified atom stereocenters. The van der Waals surface area contributed by atoms with Crippen molar-refractivity contribution in [2.45, 2.75) is 42.0 Å². The minimum Gasteiger partial charge on any atom is -0.480 e. The molecule has 0 spiro atoms. The summed E-state index contributed by atoms with van der Waals surface area (Å²) < 4.78 is -0.703. The van der Waals surface area contributed by atoms with Gasteiger partial charge in [0.05, 0.1) is 0 Å². The summed E-state index contributed by atoms with van der Waals surface area (Å²) in [5, 5.41) is 23.9. The zero-order valence-electron chi connectivity index (χ0n) is 14.3. The monoisotopic (exact) mass is 407 g/mol. The molecule has 3 heterocycles.